The minimum absolute atomic E-state index is 0.159. The molecule has 5 nitrogen and oxygen atoms in total. The van der Waals surface area contributed by atoms with Gasteiger partial charge < -0.3 is 11.5 Å². The van der Waals surface area contributed by atoms with E-state index in [1.54, 1.807) is 6.20 Å². The van der Waals surface area contributed by atoms with E-state index < -0.39 is 0 Å². The Balaban J connectivity index is 1.72. The zero-order valence-corrected chi connectivity index (χ0v) is 15.8. The largest absolute Gasteiger partial charge is 0.383 e. The van der Waals surface area contributed by atoms with Crippen molar-refractivity contribution in [2.75, 3.05) is 11.5 Å². The summed E-state index contributed by atoms with van der Waals surface area (Å²) in [4.78, 5) is 12.6. The molecule has 2 aromatic carbocycles. The van der Waals surface area contributed by atoms with Crippen molar-refractivity contribution < 1.29 is 0 Å². The first kappa shape index (κ1) is 17.9. The number of anilines is 2. The average Bonchev–Trinajstić information content (AvgIpc) is 2.69. The van der Waals surface area contributed by atoms with Crippen LogP contribution in [0.15, 0.2) is 72.9 Å². The van der Waals surface area contributed by atoms with E-state index in [0.29, 0.717) is 11.0 Å². The zero-order valence-electron chi connectivity index (χ0n) is 15.0. The number of nitrogen functional groups attached to an aromatic ring is 2. The van der Waals surface area contributed by atoms with Gasteiger partial charge in [-0.3, -0.25) is 0 Å². The van der Waals surface area contributed by atoms with Crippen LogP contribution in [0.4, 0.5) is 11.8 Å². The number of hydrogen-bond donors (Lipinski definition) is 2. The van der Waals surface area contributed by atoms with Gasteiger partial charge in [0.1, 0.15) is 11.0 Å². The Morgan fingerprint density at radius 1 is 0.786 bits per heavy atom. The highest BCUT2D eigenvalue weighted by Crippen LogP contribution is 2.35. The molecule has 0 amide bonds. The summed E-state index contributed by atoms with van der Waals surface area (Å²) in [6.45, 7) is 0. The van der Waals surface area contributed by atoms with Crippen LogP contribution in [0.3, 0.4) is 0 Å². The lowest BCUT2D eigenvalue weighted by Gasteiger charge is -2.13. The smallest absolute Gasteiger partial charge is 0.222 e. The molecule has 0 aliphatic carbocycles. The Kier molecular flexibility index (Phi) is 4.91. The average molecular weight is 388 g/mol. The molecular formula is C22H18ClN5. The molecule has 0 saturated carbocycles. The predicted molar refractivity (Wildman–Crippen MR) is 114 cm³/mol. The monoisotopic (exact) mass is 387 g/mol. The molecule has 138 valence electrons. The van der Waals surface area contributed by atoms with Crippen molar-refractivity contribution in [3.05, 3.63) is 89.2 Å². The maximum atomic E-state index is 6.22. The normalized spacial score (nSPS) is 10.8. The van der Waals surface area contributed by atoms with Gasteiger partial charge in [-0.25, -0.2) is 9.97 Å². The first-order chi connectivity index (χ1) is 13.6. The predicted octanol–water partition coefficient (Wildman–Crippen LogP) is 4.61. The number of hydrogen-bond acceptors (Lipinski definition) is 5. The lowest BCUT2D eigenvalue weighted by Crippen LogP contribution is -2.04. The highest BCUT2D eigenvalue weighted by atomic mass is 35.5. The van der Waals surface area contributed by atoms with E-state index in [-0.39, 0.29) is 5.95 Å². The maximum Gasteiger partial charge on any atom is 0.222 e. The van der Waals surface area contributed by atoms with E-state index in [1.165, 1.54) is 0 Å². The van der Waals surface area contributed by atoms with Gasteiger partial charge in [-0.1, -0.05) is 66.2 Å². The Bertz CT molecular complexity index is 1110. The molecule has 0 saturated heterocycles. The molecule has 4 aromatic rings. The van der Waals surface area contributed by atoms with Crippen LogP contribution in [0.1, 0.15) is 11.1 Å². The van der Waals surface area contributed by atoms with Crippen molar-refractivity contribution in [3.8, 4) is 22.4 Å². The van der Waals surface area contributed by atoms with E-state index in [9.17, 15) is 0 Å². The highest BCUT2D eigenvalue weighted by molar-refractivity contribution is 6.29. The van der Waals surface area contributed by atoms with Gasteiger partial charge >= 0.3 is 0 Å². The van der Waals surface area contributed by atoms with Gasteiger partial charge in [0.25, 0.3) is 0 Å². The lowest BCUT2D eigenvalue weighted by atomic mass is 9.97. The maximum absolute atomic E-state index is 6.22. The fraction of sp³-hybridized carbons (Fsp3) is 0.0455. The molecule has 0 radical (unpaired) electrons. The topological polar surface area (TPSA) is 90.7 Å². The molecule has 6 heteroatoms. The van der Waals surface area contributed by atoms with Crippen molar-refractivity contribution >= 4 is 23.4 Å². The molecule has 28 heavy (non-hydrogen) atoms. The minimum Gasteiger partial charge on any atom is -0.383 e. The van der Waals surface area contributed by atoms with Gasteiger partial charge in [-0.15, -0.1) is 0 Å². The van der Waals surface area contributed by atoms with Gasteiger partial charge in [-0.05, 0) is 35.2 Å². The van der Waals surface area contributed by atoms with Crippen molar-refractivity contribution in [2.24, 2.45) is 0 Å². The van der Waals surface area contributed by atoms with Crippen LogP contribution in [0, 0.1) is 0 Å². The van der Waals surface area contributed by atoms with Crippen molar-refractivity contribution in [3.63, 3.8) is 0 Å². The summed E-state index contributed by atoms with van der Waals surface area (Å²) in [5, 5.41) is 0.494. The first-order valence-corrected chi connectivity index (χ1v) is 9.16. The summed E-state index contributed by atoms with van der Waals surface area (Å²) < 4.78 is 0. The lowest BCUT2D eigenvalue weighted by molar-refractivity contribution is 1.16. The van der Waals surface area contributed by atoms with Crippen molar-refractivity contribution in [1.29, 1.82) is 0 Å². The van der Waals surface area contributed by atoms with Gasteiger partial charge in [0.2, 0.25) is 5.95 Å². The summed E-state index contributed by atoms with van der Waals surface area (Å²) in [7, 11) is 0. The summed E-state index contributed by atoms with van der Waals surface area (Å²) in [5.41, 5.74) is 17.7. The third-order valence-electron chi connectivity index (χ3n) is 4.44. The number of aromatic nitrogens is 3. The number of halogens is 1. The number of pyridine rings is 1. The molecule has 0 fully saturated rings. The molecule has 4 N–H and O–H groups in total. The molecule has 0 aliphatic heterocycles. The molecule has 4 rings (SSSR count). The SMILES string of the molecule is Nc1nc(N)c(-c2ccc(Cc3ccnc(Cl)c3)cc2)c(-c2ccccc2)n1. The van der Waals surface area contributed by atoms with Crippen LogP contribution < -0.4 is 11.5 Å². The molecular weight excluding hydrogens is 370 g/mol. The Morgan fingerprint density at radius 2 is 1.54 bits per heavy atom. The summed E-state index contributed by atoms with van der Waals surface area (Å²) in [6.07, 6.45) is 2.48. The quantitative estimate of drug-likeness (QED) is 0.499. The number of rotatable bonds is 4. The fourth-order valence-corrected chi connectivity index (χ4v) is 3.36. The summed E-state index contributed by atoms with van der Waals surface area (Å²) in [6, 6.07) is 21.8. The van der Waals surface area contributed by atoms with Gasteiger partial charge in [0, 0.05) is 11.8 Å². The van der Waals surface area contributed by atoms with E-state index >= 15 is 0 Å². The molecule has 2 aromatic heterocycles. The van der Waals surface area contributed by atoms with Crippen LogP contribution in [0.25, 0.3) is 22.4 Å². The van der Waals surface area contributed by atoms with Crippen molar-refractivity contribution in [1.82, 2.24) is 15.0 Å². The zero-order chi connectivity index (χ0) is 19.5. The van der Waals surface area contributed by atoms with Crippen LogP contribution in [0.5, 0.6) is 0 Å². The fourth-order valence-electron chi connectivity index (χ4n) is 3.16. The van der Waals surface area contributed by atoms with Crippen LogP contribution in [-0.4, -0.2) is 15.0 Å². The van der Waals surface area contributed by atoms with E-state index in [1.807, 2.05) is 54.6 Å². The first-order valence-electron chi connectivity index (χ1n) is 8.78. The molecule has 0 spiro atoms. The van der Waals surface area contributed by atoms with E-state index in [2.05, 4.69) is 27.1 Å². The van der Waals surface area contributed by atoms with Crippen LogP contribution in [-0.2, 0) is 6.42 Å². The Morgan fingerprint density at radius 3 is 2.25 bits per heavy atom. The summed E-state index contributed by atoms with van der Waals surface area (Å²) in [5.74, 6) is 0.520. The molecule has 2 heterocycles. The van der Waals surface area contributed by atoms with Crippen molar-refractivity contribution in [2.45, 2.75) is 6.42 Å². The Labute approximate surface area is 168 Å². The second-order valence-electron chi connectivity index (χ2n) is 6.42. The standard InChI is InChI=1S/C22H18ClN5/c23-18-13-15(10-11-26-18)12-14-6-8-16(9-7-14)19-20(17-4-2-1-3-5-17)27-22(25)28-21(19)24/h1-11,13H,12H2,(H4,24,25,27,28). The minimum atomic E-state index is 0.159. The Hall–Kier alpha value is -3.44. The molecule has 0 bridgehead atoms. The van der Waals surface area contributed by atoms with Crippen LogP contribution in [0.2, 0.25) is 5.15 Å². The number of benzene rings is 2. The van der Waals surface area contributed by atoms with E-state index in [0.717, 1.165) is 39.9 Å². The highest BCUT2D eigenvalue weighted by Gasteiger charge is 2.15. The van der Waals surface area contributed by atoms with E-state index in [4.69, 9.17) is 23.1 Å². The molecule has 0 aliphatic rings. The van der Waals surface area contributed by atoms with Gasteiger partial charge in [0.05, 0.1) is 11.3 Å². The second kappa shape index (κ2) is 7.66. The number of nitrogens with zero attached hydrogens (tertiary/aromatic N) is 3. The molecule has 0 unspecified atom stereocenters. The summed E-state index contributed by atoms with van der Waals surface area (Å²) >= 11 is 5.97. The number of nitrogens with two attached hydrogens (primary N) is 2. The van der Waals surface area contributed by atoms with Gasteiger partial charge in [0.15, 0.2) is 0 Å². The van der Waals surface area contributed by atoms with Crippen LogP contribution >= 0.6 is 11.6 Å². The third-order valence-corrected chi connectivity index (χ3v) is 4.65. The third kappa shape index (κ3) is 3.80. The second-order valence-corrected chi connectivity index (χ2v) is 6.80. The molecule has 0 atom stereocenters. The van der Waals surface area contributed by atoms with Gasteiger partial charge in [-0.2, -0.15) is 4.98 Å².